The van der Waals surface area contributed by atoms with Crippen LogP contribution in [0, 0.1) is 5.41 Å². The lowest BCUT2D eigenvalue weighted by atomic mass is 9.85. The van der Waals surface area contributed by atoms with Gasteiger partial charge in [0.2, 0.25) is 11.8 Å². The molecule has 0 aliphatic carbocycles. The molecule has 1 aliphatic heterocycles. The van der Waals surface area contributed by atoms with Gasteiger partial charge in [0, 0.05) is 37.1 Å². The third-order valence-corrected chi connectivity index (χ3v) is 5.96. The highest BCUT2D eigenvalue weighted by molar-refractivity contribution is 8.13. The summed E-state index contributed by atoms with van der Waals surface area (Å²) in [5, 5.41) is 24.9. The second-order valence-corrected chi connectivity index (χ2v) is 10.1. The molecule has 1 heterocycles. The summed E-state index contributed by atoms with van der Waals surface area (Å²) in [6.07, 6.45) is -2.16. The fourth-order valence-electron chi connectivity index (χ4n) is 3.19. The second-order valence-electron chi connectivity index (χ2n) is 8.92. The zero-order valence-electron chi connectivity index (χ0n) is 19.9. The third-order valence-electron chi connectivity index (χ3n) is 5.09. The summed E-state index contributed by atoms with van der Waals surface area (Å²) in [4.78, 5) is 46.9. The van der Waals surface area contributed by atoms with Crippen molar-refractivity contribution in [1.82, 2.24) is 10.6 Å². The normalized spacial score (nSPS) is 21.6. The van der Waals surface area contributed by atoms with E-state index in [0.29, 0.717) is 12.2 Å². The van der Waals surface area contributed by atoms with Crippen LogP contribution in [0.3, 0.4) is 0 Å². The zero-order valence-corrected chi connectivity index (χ0v) is 20.7. The Labute approximate surface area is 199 Å². The summed E-state index contributed by atoms with van der Waals surface area (Å²) in [5.41, 5.74) is -0.597. The molecule has 33 heavy (non-hydrogen) atoms. The molecule has 0 radical (unpaired) electrons. The van der Waals surface area contributed by atoms with Gasteiger partial charge in [-0.05, 0) is 19.8 Å². The first-order valence-electron chi connectivity index (χ1n) is 11.3. The van der Waals surface area contributed by atoms with E-state index in [1.165, 1.54) is 6.92 Å². The average molecular weight is 491 g/mol. The first-order chi connectivity index (χ1) is 15.4. The van der Waals surface area contributed by atoms with Crippen molar-refractivity contribution >= 4 is 34.5 Å². The third kappa shape index (κ3) is 11.9. The summed E-state index contributed by atoms with van der Waals surface area (Å²) in [7, 11) is 0. The Hall–Kier alpha value is -1.53. The van der Waals surface area contributed by atoms with Gasteiger partial charge in [-0.2, -0.15) is 0 Å². The van der Waals surface area contributed by atoms with Gasteiger partial charge in [-0.25, -0.2) is 0 Å². The SMILES string of the molecule is CCC(O)CC(O)CC1OCC(C)(C)[C@H](C(=O)NCCC(=O)NCCSC(=O)CC(C)=O)O1. The molecule has 10 nitrogen and oxygen atoms in total. The summed E-state index contributed by atoms with van der Waals surface area (Å²) in [6, 6.07) is 0. The number of carbonyl (C=O) groups is 4. The number of ketones is 1. The van der Waals surface area contributed by atoms with Gasteiger partial charge in [0.1, 0.15) is 11.9 Å². The first kappa shape index (κ1) is 29.5. The van der Waals surface area contributed by atoms with E-state index in [9.17, 15) is 29.4 Å². The van der Waals surface area contributed by atoms with Crippen LogP contribution in [0.25, 0.3) is 0 Å². The van der Waals surface area contributed by atoms with Gasteiger partial charge in [0.15, 0.2) is 11.4 Å². The number of thioether (sulfide) groups is 1. The standard InChI is InChI=1S/C22H38N2O8S/c1-5-15(26)11-16(27)12-19-31-13-22(3,4)20(32-19)21(30)24-7-6-17(28)23-8-9-33-18(29)10-14(2)25/h15-16,19-20,26-27H,5-13H2,1-4H3,(H,23,28)(H,24,30)/t15?,16?,19?,20-/m0/s1. The molecule has 1 fully saturated rings. The van der Waals surface area contributed by atoms with E-state index in [0.717, 1.165) is 11.8 Å². The van der Waals surface area contributed by atoms with E-state index in [1.54, 1.807) is 0 Å². The lowest BCUT2D eigenvalue weighted by Gasteiger charge is -2.41. The summed E-state index contributed by atoms with van der Waals surface area (Å²) >= 11 is 0.998. The Kier molecular flexibility index (Phi) is 13.1. The van der Waals surface area contributed by atoms with Crippen molar-refractivity contribution in [2.24, 2.45) is 5.41 Å². The number of ether oxygens (including phenoxy) is 2. The van der Waals surface area contributed by atoms with Gasteiger partial charge in [0.05, 0.1) is 25.2 Å². The van der Waals surface area contributed by atoms with Crippen LogP contribution < -0.4 is 10.6 Å². The number of Topliss-reactive ketones (excluding diaryl/α,β-unsaturated/α-hetero) is 1. The fourth-order valence-corrected chi connectivity index (χ4v) is 3.93. The van der Waals surface area contributed by atoms with Crippen LogP contribution >= 0.6 is 11.8 Å². The Bertz CT molecular complexity index is 673. The molecular formula is C22H38N2O8S. The molecule has 0 spiro atoms. The van der Waals surface area contributed by atoms with Gasteiger partial charge < -0.3 is 30.3 Å². The lowest BCUT2D eigenvalue weighted by Crippen LogP contribution is -2.54. The van der Waals surface area contributed by atoms with Crippen molar-refractivity contribution in [3.05, 3.63) is 0 Å². The van der Waals surface area contributed by atoms with Crippen molar-refractivity contribution in [2.75, 3.05) is 25.4 Å². The van der Waals surface area contributed by atoms with Crippen LogP contribution in [0.15, 0.2) is 0 Å². The van der Waals surface area contributed by atoms with E-state index in [1.807, 2.05) is 20.8 Å². The molecule has 190 valence electrons. The van der Waals surface area contributed by atoms with Gasteiger partial charge in [0.25, 0.3) is 0 Å². The Morgan fingerprint density at radius 3 is 2.45 bits per heavy atom. The maximum Gasteiger partial charge on any atom is 0.249 e. The maximum absolute atomic E-state index is 12.7. The molecule has 11 heteroatoms. The smallest absolute Gasteiger partial charge is 0.249 e. The molecular weight excluding hydrogens is 452 g/mol. The average Bonchev–Trinajstić information content (AvgIpc) is 2.71. The Balaban J connectivity index is 2.37. The fraction of sp³-hybridized carbons (Fsp3) is 0.818. The highest BCUT2D eigenvalue weighted by Gasteiger charge is 2.43. The quantitative estimate of drug-likeness (QED) is 0.202. The minimum absolute atomic E-state index is 0.0680. The predicted molar refractivity (Wildman–Crippen MR) is 123 cm³/mol. The Morgan fingerprint density at radius 2 is 1.82 bits per heavy atom. The molecule has 0 saturated carbocycles. The number of amides is 2. The largest absolute Gasteiger partial charge is 0.393 e. The van der Waals surface area contributed by atoms with Crippen LogP contribution in [-0.2, 0) is 28.7 Å². The topological polar surface area (TPSA) is 151 Å². The number of aliphatic hydroxyl groups is 2. The van der Waals surface area contributed by atoms with Gasteiger partial charge in [-0.15, -0.1) is 0 Å². The molecule has 2 amide bonds. The summed E-state index contributed by atoms with van der Waals surface area (Å²) in [5.74, 6) is -0.453. The van der Waals surface area contributed by atoms with E-state index >= 15 is 0 Å². The number of hydrogen-bond acceptors (Lipinski definition) is 9. The molecule has 0 aromatic heterocycles. The highest BCUT2D eigenvalue weighted by atomic mass is 32.2. The predicted octanol–water partition coefficient (Wildman–Crippen LogP) is 0.528. The van der Waals surface area contributed by atoms with Crippen molar-refractivity contribution in [1.29, 1.82) is 0 Å². The Morgan fingerprint density at radius 1 is 1.12 bits per heavy atom. The van der Waals surface area contributed by atoms with E-state index in [4.69, 9.17) is 9.47 Å². The highest BCUT2D eigenvalue weighted by Crippen LogP contribution is 2.32. The number of nitrogens with one attached hydrogen (secondary N) is 2. The summed E-state index contributed by atoms with van der Waals surface area (Å²) < 4.78 is 11.4. The molecule has 1 aliphatic rings. The number of rotatable bonds is 14. The first-order valence-corrected chi connectivity index (χ1v) is 12.3. The number of carbonyl (C=O) groups excluding carboxylic acids is 4. The van der Waals surface area contributed by atoms with E-state index in [2.05, 4.69) is 10.6 Å². The van der Waals surface area contributed by atoms with Gasteiger partial charge in [-0.3, -0.25) is 19.2 Å². The maximum atomic E-state index is 12.7. The van der Waals surface area contributed by atoms with Gasteiger partial charge in [-0.1, -0.05) is 32.5 Å². The molecule has 0 aromatic rings. The molecule has 0 bridgehead atoms. The number of hydrogen-bond donors (Lipinski definition) is 4. The molecule has 4 N–H and O–H groups in total. The van der Waals surface area contributed by atoms with E-state index in [-0.39, 0.29) is 68.1 Å². The van der Waals surface area contributed by atoms with Crippen molar-refractivity contribution in [3.63, 3.8) is 0 Å². The molecule has 4 atom stereocenters. The zero-order chi connectivity index (χ0) is 25.0. The van der Waals surface area contributed by atoms with Gasteiger partial charge >= 0.3 is 0 Å². The molecule has 0 aromatic carbocycles. The number of aliphatic hydroxyl groups excluding tert-OH is 2. The van der Waals surface area contributed by atoms with Crippen molar-refractivity contribution in [3.8, 4) is 0 Å². The second kappa shape index (κ2) is 14.7. The van der Waals surface area contributed by atoms with Crippen LogP contribution in [-0.4, -0.2) is 83.0 Å². The van der Waals surface area contributed by atoms with Crippen molar-refractivity contribution < 1.29 is 38.9 Å². The minimum Gasteiger partial charge on any atom is -0.393 e. The van der Waals surface area contributed by atoms with Crippen LogP contribution in [0.4, 0.5) is 0 Å². The van der Waals surface area contributed by atoms with E-state index < -0.39 is 30.0 Å². The minimum atomic E-state index is -0.814. The van der Waals surface area contributed by atoms with Crippen molar-refractivity contribution in [2.45, 2.75) is 84.4 Å². The molecule has 1 rings (SSSR count). The summed E-state index contributed by atoms with van der Waals surface area (Å²) in [6.45, 7) is 7.51. The molecule has 1 saturated heterocycles. The molecule has 3 unspecified atom stereocenters. The monoisotopic (exact) mass is 490 g/mol. The van der Waals surface area contributed by atoms with Crippen LogP contribution in [0.2, 0.25) is 0 Å². The van der Waals surface area contributed by atoms with Crippen LogP contribution in [0.5, 0.6) is 0 Å². The lowest BCUT2D eigenvalue weighted by molar-refractivity contribution is -0.261. The van der Waals surface area contributed by atoms with Crippen LogP contribution in [0.1, 0.15) is 59.8 Å².